The van der Waals surface area contributed by atoms with Crippen LogP contribution in [0.5, 0.6) is 0 Å². The lowest BCUT2D eigenvalue weighted by atomic mass is 10.3. The van der Waals surface area contributed by atoms with Crippen molar-refractivity contribution in [3.05, 3.63) is 23.1 Å². The molecule has 0 spiro atoms. The van der Waals surface area contributed by atoms with Gasteiger partial charge in [0.15, 0.2) is 0 Å². The highest BCUT2D eigenvalue weighted by molar-refractivity contribution is 6.31. The zero-order chi connectivity index (χ0) is 11.3. The third-order valence-corrected chi connectivity index (χ3v) is 1.92. The molecule has 0 radical (unpaired) electrons. The summed E-state index contributed by atoms with van der Waals surface area (Å²) in [5.74, 6) is 0.220. The average Bonchev–Trinajstić information content (AvgIpc) is 2.15. The number of nitrogen functional groups attached to an aromatic ring is 1. The third kappa shape index (κ3) is 3.55. The maximum absolute atomic E-state index is 10.6. The maximum Gasteiger partial charge on any atom is 0.217 e. The van der Waals surface area contributed by atoms with Gasteiger partial charge in [0.2, 0.25) is 5.91 Å². The maximum atomic E-state index is 10.6. The minimum absolute atomic E-state index is 0.0944. The molecule has 0 bridgehead atoms. The van der Waals surface area contributed by atoms with Crippen molar-refractivity contribution in [3.8, 4) is 0 Å². The number of nitrogens with one attached hydrogen (secondary N) is 1. The fourth-order valence-electron chi connectivity index (χ4n) is 0.920. The number of aromatic nitrogens is 2. The molecule has 0 atom stereocenters. The first-order valence-corrected chi connectivity index (χ1v) is 4.66. The Morgan fingerprint density at radius 1 is 1.67 bits per heavy atom. The van der Waals surface area contributed by atoms with E-state index in [0.29, 0.717) is 23.1 Å². The lowest BCUT2D eigenvalue weighted by Gasteiger charge is -2.00. The van der Waals surface area contributed by atoms with Gasteiger partial charge in [0, 0.05) is 13.5 Å². The molecule has 15 heavy (non-hydrogen) atoms. The van der Waals surface area contributed by atoms with Crippen molar-refractivity contribution in [1.29, 1.82) is 0 Å². The SMILES string of the molecule is CC(=O)NCC=Cc1c(N)ncnc1Cl. The van der Waals surface area contributed by atoms with Crippen LogP contribution in [0.1, 0.15) is 12.5 Å². The number of carbonyl (C=O) groups excluding carboxylic acids is 1. The number of nitrogens with two attached hydrogens (primary N) is 1. The van der Waals surface area contributed by atoms with Gasteiger partial charge in [0.1, 0.15) is 17.3 Å². The lowest BCUT2D eigenvalue weighted by Crippen LogP contribution is -2.19. The smallest absolute Gasteiger partial charge is 0.217 e. The summed E-state index contributed by atoms with van der Waals surface area (Å²) in [4.78, 5) is 18.2. The highest BCUT2D eigenvalue weighted by Gasteiger charge is 2.02. The van der Waals surface area contributed by atoms with Crippen LogP contribution in [0.15, 0.2) is 12.4 Å². The summed E-state index contributed by atoms with van der Waals surface area (Å²) in [5, 5.41) is 2.90. The molecule has 0 aliphatic carbocycles. The fraction of sp³-hybridized carbons (Fsp3) is 0.222. The van der Waals surface area contributed by atoms with Crippen LogP contribution < -0.4 is 11.1 Å². The molecular weight excluding hydrogens is 216 g/mol. The van der Waals surface area contributed by atoms with Crippen molar-refractivity contribution in [2.75, 3.05) is 12.3 Å². The van der Waals surface area contributed by atoms with E-state index in [1.54, 1.807) is 12.2 Å². The quantitative estimate of drug-likeness (QED) is 0.750. The van der Waals surface area contributed by atoms with Gasteiger partial charge in [-0.1, -0.05) is 23.8 Å². The largest absolute Gasteiger partial charge is 0.383 e. The number of anilines is 1. The van der Waals surface area contributed by atoms with Crippen LogP contribution in [-0.2, 0) is 4.79 Å². The number of amides is 1. The molecule has 0 saturated heterocycles. The Morgan fingerprint density at radius 2 is 2.40 bits per heavy atom. The molecule has 80 valence electrons. The summed E-state index contributed by atoms with van der Waals surface area (Å²) >= 11 is 5.80. The van der Waals surface area contributed by atoms with Gasteiger partial charge in [0.05, 0.1) is 5.56 Å². The average molecular weight is 227 g/mol. The van der Waals surface area contributed by atoms with Crippen LogP contribution in [0.3, 0.4) is 0 Å². The van der Waals surface area contributed by atoms with Crippen molar-refractivity contribution in [2.45, 2.75) is 6.92 Å². The van der Waals surface area contributed by atoms with Gasteiger partial charge >= 0.3 is 0 Å². The van der Waals surface area contributed by atoms with Crippen LogP contribution in [0, 0.1) is 0 Å². The number of hydrogen-bond acceptors (Lipinski definition) is 4. The minimum atomic E-state index is -0.0944. The van der Waals surface area contributed by atoms with Crippen LogP contribution in [0.4, 0.5) is 5.82 Å². The zero-order valence-corrected chi connectivity index (χ0v) is 8.95. The zero-order valence-electron chi connectivity index (χ0n) is 8.20. The third-order valence-electron chi connectivity index (χ3n) is 1.62. The standard InChI is InChI=1S/C9H11ClN4O/c1-6(15)12-4-2-3-7-8(10)13-5-14-9(7)11/h2-3,5H,4H2,1H3,(H,12,15)(H2,11,13,14). The second kappa shape index (κ2) is 5.31. The summed E-state index contributed by atoms with van der Waals surface area (Å²) in [6, 6.07) is 0. The van der Waals surface area contributed by atoms with Crippen LogP contribution in [-0.4, -0.2) is 22.4 Å². The Balaban J connectivity index is 2.67. The van der Waals surface area contributed by atoms with E-state index in [-0.39, 0.29) is 5.91 Å². The Morgan fingerprint density at radius 3 is 3.00 bits per heavy atom. The van der Waals surface area contributed by atoms with Crippen molar-refractivity contribution < 1.29 is 4.79 Å². The Bertz CT molecular complexity index is 371. The van der Waals surface area contributed by atoms with Gasteiger partial charge in [-0.3, -0.25) is 4.79 Å². The van der Waals surface area contributed by atoms with E-state index in [0.717, 1.165) is 0 Å². The number of nitrogens with zero attached hydrogens (tertiary/aromatic N) is 2. The normalized spacial score (nSPS) is 10.5. The minimum Gasteiger partial charge on any atom is -0.383 e. The first kappa shape index (κ1) is 11.5. The van der Waals surface area contributed by atoms with Crippen molar-refractivity contribution in [1.82, 2.24) is 15.3 Å². The molecule has 3 N–H and O–H groups in total. The van der Waals surface area contributed by atoms with Gasteiger partial charge in [0.25, 0.3) is 0 Å². The van der Waals surface area contributed by atoms with Gasteiger partial charge in [-0.2, -0.15) is 0 Å². The van der Waals surface area contributed by atoms with Crippen LogP contribution in [0.2, 0.25) is 5.15 Å². The van der Waals surface area contributed by atoms with Crippen molar-refractivity contribution >= 4 is 29.4 Å². The molecule has 1 rings (SSSR count). The summed E-state index contributed by atoms with van der Waals surface area (Å²) in [7, 11) is 0. The first-order chi connectivity index (χ1) is 7.11. The molecule has 5 nitrogen and oxygen atoms in total. The molecule has 1 heterocycles. The Labute approximate surface area is 92.4 Å². The summed E-state index contributed by atoms with van der Waals surface area (Å²) < 4.78 is 0. The summed E-state index contributed by atoms with van der Waals surface area (Å²) in [6.45, 7) is 1.86. The molecule has 6 heteroatoms. The predicted molar refractivity (Wildman–Crippen MR) is 59.2 cm³/mol. The molecule has 0 fully saturated rings. The van der Waals surface area contributed by atoms with Crippen molar-refractivity contribution in [3.63, 3.8) is 0 Å². The summed E-state index contributed by atoms with van der Waals surface area (Å²) in [6.07, 6.45) is 4.69. The molecule has 0 aliphatic heterocycles. The molecule has 0 saturated carbocycles. The first-order valence-electron chi connectivity index (χ1n) is 4.28. The molecule has 1 aromatic rings. The van der Waals surface area contributed by atoms with E-state index >= 15 is 0 Å². The molecule has 0 aliphatic rings. The van der Waals surface area contributed by atoms with E-state index in [2.05, 4.69) is 15.3 Å². The van der Waals surface area contributed by atoms with Gasteiger partial charge in [-0.15, -0.1) is 0 Å². The molecule has 0 aromatic carbocycles. The molecular formula is C9H11ClN4O. The molecule has 0 unspecified atom stereocenters. The summed E-state index contributed by atoms with van der Waals surface area (Å²) in [5.41, 5.74) is 6.15. The number of carbonyl (C=O) groups is 1. The fourth-order valence-corrected chi connectivity index (χ4v) is 1.12. The Hall–Kier alpha value is -1.62. The van der Waals surface area contributed by atoms with Crippen LogP contribution in [0.25, 0.3) is 6.08 Å². The van der Waals surface area contributed by atoms with E-state index in [4.69, 9.17) is 17.3 Å². The second-order valence-corrected chi connectivity index (χ2v) is 3.16. The van der Waals surface area contributed by atoms with E-state index < -0.39 is 0 Å². The number of halogens is 1. The monoisotopic (exact) mass is 226 g/mol. The van der Waals surface area contributed by atoms with E-state index in [1.807, 2.05) is 0 Å². The topological polar surface area (TPSA) is 80.9 Å². The van der Waals surface area contributed by atoms with Crippen LogP contribution >= 0.6 is 11.6 Å². The lowest BCUT2D eigenvalue weighted by molar-refractivity contribution is -0.118. The second-order valence-electron chi connectivity index (χ2n) is 2.80. The van der Waals surface area contributed by atoms with Gasteiger partial charge in [-0.05, 0) is 0 Å². The van der Waals surface area contributed by atoms with Gasteiger partial charge in [-0.25, -0.2) is 9.97 Å². The number of hydrogen-bond donors (Lipinski definition) is 2. The molecule has 1 aromatic heterocycles. The van der Waals surface area contributed by atoms with E-state index in [1.165, 1.54) is 13.3 Å². The Kier molecular flexibility index (Phi) is 4.05. The van der Waals surface area contributed by atoms with Gasteiger partial charge < -0.3 is 11.1 Å². The predicted octanol–water partition coefficient (Wildman–Crippen LogP) is 0.861. The highest BCUT2D eigenvalue weighted by atomic mass is 35.5. The molecule has 1 amide bonds. The van der Waals surface area contributed by atoms with E-state index in [9.17, 15) is 4.79 Å². The van der Waals surface area contributed by atoms with Crippen molar-refractivity contribution in [2.24, 2.45) is 0 Å². The highest BCUT2D eigenvalue weighted by Crippen LogP contribution is 2.18. The number of rotatable bonds is 3.